The molecule has 0 saturated heterocycles. The molecule has 6 heteroatoms. The van der Waals surface area contributed by atoms with Gasteiger partial charge in [0.15, 0.2) is 6.10 Å². The molecule has 0 aromatic rings. The number of unbranched alkanes of at least 4 members (excludes halogenated alkanes) is 30. The third-order valence-corrected chi connectivity index (χ3v) is 12.4. The average Bonchev–Trinajstić information content (AvgIpc) is 3.35. The molecule has 0 spiro atoms. The zero-order valence-corrected chi connectivity index (χ0v) is 45.3. The largest absolute Gasteiger partial charge is 0.462 e. The normalized spacial score (nSPS) is 12.7. The maximum absolute atomic E-state index is 12.9. The first kappa shape index (κ1) is 65.6. The van der Waals surface area contributed by atoms with Crippen LogP contribution in [0.3, 0.4) is 0 Å². The van der Waals surface area contributed by atoms with Crippen LogP contribution in [0.25, 0.3) is 0 Å². The average molecular weight is 962 g/mol. The van der Waals surface area contributed by atoms with Gasteiger partial charge in [0.25, 0.3) is 0 Å². The lowest BCUT2D eigenvalue weighted by atomic mass is 10.1. The van der Waals surface area contributed by atoms with Gasteiger partial charge in [-0.15, -0.1) is 0 Å². The number of rotatable bonds is 52. The Labute approximate surface area is 426 Å². The summed E-state index contributed by atoms with van der Waals surface area (Å²) in [6, 6.07) is 0. The van der Waals surface area contributed by atoms with E-state index in [0.29, 0.717) is 19.3 Å². The van der Waals surface area contributed by atoms with Crippen molar-refractivity contribution in [2.24, 2.45) is 0 Å². The zero-order chi connectivity index (χ0) is 50.0. The summed E-state index contributed by atoms with van der Waals surface area (Å²) < 4.78 is 16.9. The first-order valence-electron chi connectivity index (χ1n) is 29.1. The van der Waals surface area contributed by atoms with Crippen LogP contribution in [0.2, 0.25) is 0 Å². The summed E-state index contributed by atoms with van der Waals surface area (Å²) in [5.74, 6) is -0.902. The van der Waals surface area contributed by atoms with Gasteiger partial charge in [0.05, 0.1) is 0 Å². The minimum atomic E-state index is -0.788. The van der Waals surface area contributed by atoms with Crippen molar-refractivity contribution in [2.75, 3.05) is 13.2 Å². The molecule has 0 amide bonds. The zero-order valence-electron chi connectivity index (χ0n) is 45.3. The summed E-state index contributed by atoms with van der Waals surface area (Å²) in [4.78, 5) is 38.2. The molecule has 0 rings (SSSR count). The van der Waals surface area contributed by atoms with Crippen LogP contribution in [0.5, 0.6) is 0 Å². The molecule has 396 valence electrons. The summed E-state index contributed by atoms with van der Waals surface area (Å²) in [7, 11) is 0. The minimum absolute atomic E-state index is 0.0853. The Hall–Kier alpha value is -3.41. The molecule has 0 heterocycles. The Morgan fingerprint density at radius 1 is 0.319 bits per heavy atom. The Balaban J connectivity index is 4.40. The van der Waals surface area contributed by atoms with Crippen LogP contribution in [0.4, 0.5) is 0 Å². The van der Waals surface area contributed by atoms with Crippen LogP contribution in [-0.4, -0.2) is 37.2 Å². The molecule has 69 heavy (non-hydrogen) atoms. The lowest BCUT2D eigenvalue weighted by molar-refractivity contribution is -0.167. The summed E-state index contributed by atoms with van der Waals surface area (Å²) in [6.45, 7) is 6.46. The van der Waals surface area contributed by atoms with Crippen molar-refractivity contribution in [3.05, 3.63) is 85.1 Å². The second-order valence-electron chi connectivity index (χ2n) is 19.3. The molecule has 0 saturated carbocycles. The predicted molar refractivity (Wildman–Crippen MR) is 297 cm³/mol. The fourth-order valence-corrected chi connectivity index (χ4v) is 8.05. The molecular weight excluding hydrogens is 853 g/mol. The number of ether oxygens (including phenoxy) is 3. The first-order chi connectivity index (χ1) is 34.0. The number of carbonyl (C=O) groups is 3. The predicted octanol–water partition coefficient (Wildman–Crippen LogP) is 19.5. The van der Waals surface area contributed by atoms with E-state index in [9.17, 15) is 14.4 Å². The van der Waals surface area contributed by atoms with Gasteiger partial charge in [0, 0.05) is 19.3 Å². The maximum Gasteiger partial charge on any atom is 0.306 e. The van der Waals surface area contributed by atoms with E-state index in [1.54, 1.807) is 0 Å². The molecule has 0 aliphatic heterocycles. The van der Waals surface area contributed by atoms with Gasteiger partial charge in [-0.1, -0.05) is 247 Å². The van der Waals surface area contributed by atoms with Crippen LogP contribution >= 0.6 is 0 Å². The van der Waals surface area contributed by atoms with E-state index < -0.39 is 6.10 Å². The lowest BCUT2D eigenvalue weighted by Gasteiger charge is -2.18. The molecular formula is C63H108O6. The topological polar surface area (TPSA) is 78.9 Å². The molecule has 0 radical (unpaired) electrons. The van der Waals surface area contributed by atoms with Gasteiger partial charge < -0.3 is 14.2 Å². The van der Waals surface area contributed by atoms with Gasteiger partial charge in [-0.05, 0) is 96.3 Å². The SMILES string of the molecule is CC\C=C/C=C\C=C/CCCCCCCCCC(=O)OCC(COC(=O)CCCCCCCCCCCC/C=C\C=C/CCCCC)OC(=O)CCCCCCCCC/C=C\C/C=C\CCCCC. The maximum atomic E-state index is 12.9. The Morgan fingerprint density at radius 3 is 1.00 bits per heavy atom. The number of esters is 3. The van der Waals surface area contributed by atoms with E-state index in [1.165, 1.54) is 154 Å². The summed E-state index contributed by atoms with van der Waals surface area (Å²) >= 11 is 0. The molecule has 0 bridgehead atoms. The number of allylic oxidation sites excluding steroid dienone is 14. The Bertz CT molecular complexity index is 1330. The van der Waals surface area contributed by atoms with Crippen molar-refractivity contribution in [1.29, 1.82) is 0 Å². The highest BCUT2D eigenvalue weighted by Gasteiger charge is 2.19. The molecule has 0 fully saturated rings. The molecule has 1 atom stereocenters. The van der Waals surface area contributed by atoms with Crippen LogP contribution in [-0.2, 0) is 28.6 Å². The van der Waals surface area contributed by atoms with Gasteiger partial charge in [-0.25, -0.2) is 0 Å². The molecule has 0 N–H and O–H groups in total. The van der Waals surface area contributed by atoms with Crippen molar-refractivity contribution < 1.29 is 28.6 Å². The van der Waals surface area contributed by atoms with Crippen molar-refractivity contribution >= 4 is 17.9 Å². The fourth-order valence-electron chi connectivity index (χ4n) is 8.05. The van der Waals surface area contributed by atoms with Crippen molar-refractivity contribution in [3.63, 3.8) is 0 Å². The van der Waals surface area contributed by atoms with Gasteiger partial charge in [-0.3, -0.25) is 14.4 Å². The van der Waals surface area contributed by atoms with Gasteiger partial charge in [0.2, 0.25) is 0 Å². The van der Waals surface area contributed by atoms with Crippen molar-refractivity contribution in [2.45, 2.75) is 284 Å². The van der Waals surface area contributed by atoms with Gasteiger partial charge in [0.1, 0.15) is 13.2 Å². The van der Waals surface area contributed by atoms with E-state index in [-0.39, 0.29) is 31.1 Å². The monoisotopic (exact) mass is 961 g/mol. The summed E-state index contributed by atoms with van der Waals surface area (Å²) in [5.41, 5.74) is 0. The van der Waals surface area contributed by atoms with Crippen LogP contribution in [0.1, 0.15) is 278 Å². The van der Waals surface area contributed by atoms with E-state index >= 15 is 0 Å². The van der Waals surface area contributed by atoms with E-state index in [0.717, 1.165) is 83.5 Å². The minimum Gasteiger partial charge on any atom is -0.462 e. The summed E-state index contributed by atoms with van der Waals surface area (Å²) in [6.07, 6.45) is 74.2. The second-order valence-corrected chi connectivity index (χ2v) is 19.3. The quantitative estimate of drug-likeness (QED) is 0.0199. The third-order valence-electron chi connectivity index (χ3n) is 12.4. The van der Waals surface area contributed by atoms with Crippen molar-refractivity contribution in [1.82, 2.24) is 0 Å². The molecule has 1 unspecified atom stereocenters. The third kappa shape index (κ3) is 55.4. The molecule has 0 aliphatic carbocycles. The highest BCUT2D eigenvalue weighted by Crippen LogP contribution is 2.15. The van der Waals surface area contributed by atoms with E-state index in [1.807, 2.05) is 0 Å². The molecule has 0 aromatic heterocycles. The van der Waals surface area contributed by atoms with Gasteiger partial charge >= 0.3 is 17.9 Å². The Kier molecular flexibility index (Phi) is 54.3. The molecule has 0 aromatic carbocycles. The number of carbonyl (C=O) groups excluding carboxylic acids is 3. The van der Waals surface area contributed by atoms with Crippen LogP contribution in [0.15, 0.2) is 85.1 Å². The highest BCUT2D eigenvalue weighted by atomic mass is 16.6. The van der Waals surface area contributed by atoms with Crippen LogP contribution < -0.4 is 0 Å². The second kappa shape index (κ2) is 57.2. The first-order valence-corrected chi connectivity index (χ1v) is 29.1. The fraction of sp³-hybridized carbons (Fsp3) is 0.730. The molecule has 6 nitrogen and oxygen atoms in total. The summed E-state index contributed by atoms with van der Waals surface area (Å²) in [5, 5.41) is 0. The molecule has 0 aliphatic rings. The number of hydrogen-bond donors (Lipinski definition) is 0. The lowest BCUT2D eigenvalue weighted by Crippen LogP contribution is -2.30. The Morgan fingerprint density at radius 2 is 0.623 bits per heavy atom. The van der Waals surface area contributed by atoms with E-state index in [2.05, 4.69) is 106 Å². The standard InChI is InChI=1S/C63H108O6/c1-4-7-10-13-16-19-22-25-28-30-31-33-35-38-41-44-47-50-53-56-62(65)68-59-60(58-67-61(64)55-52-49-46-43-40-37-34-27-24-21-18-15-12-9-6-3)69-63(66)57-54-51-48-45-42-39-36-32-29-26-23-20-17-14-11-8-5-2/h9,12,15-22,24-26,29,60H,4-8,10-11,13-14,23,27-28,30-59H2,1-3H3/b12-9-,18-15-,19-16-,20-17-,24-21-,25-22-,29-26-. The highest BCUT2D eigenvalue weighted by molar-refractivity contribution is 5.71. The van der Waals surface area contributed by atoms with E-state index in [4.69, 9.17) is 14.2 Å². The smallest absolute Gasteiger partial charge is 0.306 e. The van der Waals surface area contributed by atoms with Crippen LogP contribution in [0, 0.1) is 0 Å². The number of hydrogen-bond acceptors (Lipinski definition) is 6. The van der Waals surface area contributed by atoms with Gasteiger partial charge in [-0.2, -0.15) is 0 Å². The van der Waals surface area contributed by atoms with Crippen molar-refractivity contribution in [3.8, 4) is 0 Å².